The fraction of sp³-hybridized carbons (Fsp3) is 0.462. The number of aromatic amines is 1. The minimum Gasteiger partial charge on any atom is -0.333 e. The SMILES string of the molecule is Cc1[nH]nc2ncc(C(=O)N3CCNCC3C)cc12. The molecule has 2 aromatic heterocycles. The molecule has 1 unspecified atom stereocenters. The smallest absolute Gasteiger partial charge is 0.255 e. The Morgan fingerprint density at radius 2 is 2.37 bits per heavy atom. The Morgan fingerprint density at radius 3 is 3.16 bits per heavy atom. The largest absolute Gasteiger partial charge is 0.333 e. The molecular weight excluding hydrogens is 242 g/mol. The third kappa shape index (κ3) is 2.08. The van der Waals surface area contributed by atoms with Crippen LogP contribution in [0.3, 0.4) is 0 Å². The first-order valence-electron chi connectivity index (χ1n) is 6.49. The number of carbonyl (C=O) groups is 1. The number of piperazine rings is 1. The van der Waals surface area contributed by atoms with Gasteiger partial charge in [-0.15, -0.1) is 0 Å². The van der Waals surface area contributed by atoms with Gasteiger partial charge in [0.2, 0.25) is 0 Å². The lowest BCUT2D eigenvalue weighted by molar-refractivity contribution is 0.0655. The van der Waals surface area contributed by atoms with Gasteiger partial charge in [0.05, 0.1) is 5.56 Å². The molecule has 100 valence electrons. The molecular formula is C13H17N5O. The maximum absolute atomic E-state index is 12.5. The molecule has 6 heteroatoms. The van der Waals surface area contributed by atoms with E-state index in [4.69, 9.17) is 0 Å². The van der Waals surface area contributed by atoms with Crippen LogP contribution in [-0.4, -0.2) is 51.7 Å². The van der Waals surface area contributed by atoms with E-state index in [0.717, 1.165) is 30.7 Å². The Labute approximate surface area is 111 Å². The highest BCUT2D eigenvalue weighted by Gasteiger charge is 2.24. The Hall–Kier alpha value is -1.95. The van der Waals surface area contributed by atoms with E-state index < -0.39 is 0 Å². The van der Waals surface area contributed by atoms with Crippen molar-refractivity contribution in [3.63, 3.8) is 0 Å². The average molecular weight is 259 g/mol. The summed E-state index contributed by atoms with van der Waals surface area (Å²) in [5.74, 6) is 0.0454. The topological polar surface area (TPSA) is 73.9 Å². The number of hydrogen-bond donors (Lipinski definition) is 2. The van der Waals surface area contributed by atoms with E-state index in [1.54, 1.807) is 6.20 Å². The van der Waals surface area contributed by atoms with Crippen molar-refractivity contribution in [3.8, 4) is 0 Å². The van der Waals surface area contributed by atoms with Gasteiger partial charge in [0.25, 0.3) is 5.91 Å². The molecule has 0 spiro atoms. The molecule has 0 bridgehead atoms. The standard InChI is InChI=1S/C13H17N5O/c1-8-6-14-3-4-18(8)13(19)10-5-11-9(2)16-17-12(11)15-7-10/h5,7-8,14H,3-4,6H2,1-2H3,(H,15,16,17). The van der Waals surface area contributed by atoms with E-state index in [1.165, 1.54) is 0 Å². The molecule has 3 heterocycles. The van der Waals surface area contributed by atoms with Crippen molar-refractivity contribution in [3.05, 3.63) is 23.5 Å². The lowest BCUT2D eigenvalue weighted by Crippen LogP contribution is -2.52. The molecule has 0 radical (unpaired) electrons. The fourth-order valence-corrected chi connectivity index (χ4v) is 2.45. The molecule has 1 fully saturated rings. The second-order valence-corrected chi connectivity index (χ2v) is 5.00. The minimum atomic E-state index is 0.0454. The monoisotopic (exact) mass is 259 g/mol. The van der Waals surface area contributed by atoms with Crippen LogP contribution in [0.1, 0.15) is 23.0 Å². The van der Waals surface area contributed by atoms with Crippen LogP contribution in [0.5, 0.6) is 0 Å². The van der Waals surface area contributed by atoms with Gasteiger partial charge in [-0.2, -0.15) is 5.10 Å². The van der Waals surface area contributed by atoms with Gasteiger partial charge in [0, 0.05) is 43.0 Å². The molecule has 0 aromatic carbocycles. The predicted octanol–water partition coefficient (Wildman–Crippen LogP) is 0.700. The van der Waals surface area contributed by atoms with E-state index in [2.05, 4.69) is 27.4 Å². The molecule has 0 saturated carbocycles. The van der Waals surface area contributed by atoms with Gasteiger partial charge in [0.15, 0.2) is 5.65 Å². The lowest BCUT2D eigenvalue weighted by atomic mass is 10.1. The Morgan fingerprint density at radius 1 is 1.53 bits per heavy atom. The highest BCUT2D eigenvalue weighted by Crippen LogP contribution is 2.17. The quantitative estimate of drug-likeness (QED) is 0.790. The van der Waals surface area contributed by atoms with Crippen LogP contribution < -0.4 is 5.32 Å². The molecule has 6 nitrogen and oxygen atoms in total. The van der Waals surface area contributed by atoms with Crippen molar-refractivity contribution in [2.75, 3.05) is 19.6 Å². The number of pyridine rings is 1. The highest BCUT2D eigenvalue weighted by molar-refractivity contribution is 5.97. The van der Waals surface area contributed by atoms with Gasteiger partial charge in [0.1, 0.15) is 0 Å². The second kappa shape index (κ2) is 4.62. The summed E-state index contributed by atoms with van der Waals surface area (Å²) < 4.78 is 0. The summed E-state index contributed by atoms with van der Waals surface area (Å²) in [7, 11) is 0. The summed E-state index contributed by atoms with van der Waals surface area (Å²) in [6.45, 7) is 6.41. The maximum atomic E-state index is 12.5. The van der Waals surface area contributed by atoms with E-state index in [9.17, 15) is 4.79 Å². The van der Waals surface area contributed by atoms with Crippen molar-refractivity contribution in [2.45, 2.75) is 19.9 Å². The van der Waals surface area contributed by atoms with Crippen LogP contribution in [-0.2, 0) is 0 Å². The Kier molecular flexibility index (Phi) is 2.94. The third-order valence-corrected chi connectivity index (χ3v) is 3.61. The van der Waals surface area contributed by atoms with Crippen LogP contribution in [0.4, 0.5) is 0 Å². The van der Waals surface area contributed by atoms with Gasteiger partial charge in [-0.3, -0.25) is 9.89 Å². The van der Waals surface area contributed by atoms with Crippen LogP contribution >= 0.6 is 0 Å². The summed E-state index contributed by atoms with van der Waals surface area (Å²) in [6, 6.07) is 2.08. The number of amides is 1. The van der Waals surface area contributed by atoms with Crippen LogP contribution in [0.25, 0.3) is 11.0 Å². The fourth-order valence-electron chi connectivity index (χ4n) is 2.45. The zero-order chi connectivity index (χ0) is 13.4. The summed E-state index contributed by atoms with van der Waals surface area (Å²) >= 11 is 0. The number of rotatable bonds is 1. The number of nitrogens with one attached hydrogen (secondary N) is 2. The van der Waals surface area contributed by atoms with Crippen molar-refractivity contribution in [1.82, 2.24) is 25.4 Å². The molecule has 1 saturated heterocycles. The molecule has 19 heavy (non-hydrogen) atoms. The zero-order valence-corrected chi connectivity index (χ0v) is 11.1. The zero-order valence-electron chi connectivity index (χ0n) is 11.1. The Balaban J connectivity index is 1.94. The molecule has 2 aromatic rings. The van der Waals surface area contributed by atoms with E-state index in [0.29, 0.717) is 11.2 Å². The van der Waals surface area contributed by atoms with Gasteiger partial charge in [-0.05, 0) is 19.9 Å². The summed E-state index contributed by atoms with van der Waals surface area (Å²) in [5.41, 5.74) is 2.22. The number of H-pyrrole nitrogens is 1. The predicted molar refractivity (Wildman–Crippen MR) is 72.0 cm³/mol. The van der Waals surface area contributed by atoms with Crippen LogP contribution in [0, 0.1) is 6.92 Å². The van der Waals surface area contributed by atoms with Crippen LogP contribution in [0.2, 0.25) is 0 Å². The lowest BCUT2D eigenvalue weighted by Gasteiger charge is -2.33. The normalized spacial score (nSPS) is 19.9. The first-order chi connectivity index (χ1) is 9.16. The van der Waals surface area contributed by atoms with E-state index in [-0.39, 0.29) is 11.9 Å². The van der Waals surface area contributed by atoms with Crippen molar-refractivity contribution >= 4 is 16.9 Å². The van der Waals surface area contributed by atoms with Gasteiger partial charge in [-0.1, -0.05) is 0 Å². The van der Waals surface area contributed by atoms with Crippen molar-refractivity contribution in [1.29, 1.82) is 0 Å². The van der Waals surface area contributed by atoms with E-state index >= 15 is 0 Å². The molecule has 1 amide bonds. The molecule has 1 atom stereocenters. The molecule has 1 aliphatic heterocycles. The van der Waals surface area contributed by atoms with Gasteiger partial charge in [-0.25, -0.2) is 4.98 Å². The number of fused-ring (bicyclic) bond motifs is 1. The first kappa shape index (κ1) is 12.1. The summed E-state index contributed by atoms with van der Waals surface area (Å²) in [4.78, 5) is 18.6. The molecule has 1 aliphatic rings. The summed E-state index contributed by atoms with van der Waals surface area (Å²) in [6.07, 6.45) is 1.61. The van der Waals surface area contributed by atoms with Crippen LogP contribution in [0.15, 0.2) is 12.3 Å². The summed E-state index contributed by atoms with van der Waals surface area (Å²) in [5, 5.41) is 11.2. The number of aryl methyl sites for hydroxylation is 1. The first-order valence-corrected chi connectivity index (χ1v) is 6.49. The maximum Gasteiger partial charge on any atom is 0.255 e. The van der Waals surface area contributed by atoms with Gasteiger partial charge < -0.3 is 10.2 Å². The minimum absolute atomic E-state index is 0.0454. The third-order valence-electron chi connectivity index (χ3n) is 3.61. The average Bonchev–Trinajstić information content (AvgIpc) is 2.80. The molecule has 3 rings (SSSR count). The molecule has 0 aliphatic carbocycles. The number of carbonyl (C=O) groups excluding carboxylic acids is 1. The number of aromatic nitrogens is 3. The highest BCUT2D eigenvalue weighted by atomic mass is 16.2. The van der Waals surface area contributed by atoms with Crippen molar-refractivity contribution < 1.29 is 4.79 Å². The second-order valence-electron chi connectivity index (χ2n) is 5.00. The number of hydrogen-bond acceptors (Lipinski definition) is 4. The van der Waals surface area contributed by atoms with Crippen molar-refractivity contribution in [2.24, 2.45) is 0 Å². The molecule has 2 N–H and O–H groups in total. The Bertz CT molecular complexity index is 621. The van der Waals surface area contributed by atoms with E-state index in [1.807, 2.05) is 17.9 Å². The number of nitrogens with zero attached hydrogens (tertiary/aromatic N) is 3. The van der Waals surface area contributed by atoms with Gasteiger partial charge >= 0.3 is 0 Å².